The summed E-state index contributed by atoms with van der Waals surface area (Å²) in [6.07, 6.45) is 0. The van der Waals surface area contributed by atoms with E-state index in [1.54, 1.807) is 7.11 Å². The number of hydrogen-bond donors (Lipinski definition) is 3. The number of ether oxygens (including phenoxy) is 1. The summed E-state index contributed by atoms with van der Waals surface area (Å²) in [4.78, 5) is 0. The largest absolute Gasteiger partial charge is 0.496 e. The second-order valence-corrected chi connectivity index (χ2v) is 4.67. The van der Waals surface area contributed by atoms with Gasteiger partial charge in [-0.05, 0) is 23.1 Å². The van der Waals surface area contributed by atoms with Crippen LogP contribution in [0.2, 0.25) is 0 Å². The summed E-state index contributed by atoms with van der Waals surface area (Å²) >= 11 is 0. The van der Waals surface area contributed by atoms with Crippen molar-refractivity contribution in [3.05, 3.63) is 29.3 Å². The molecule has 0 fully saturated rings. The fourth-order valence-corrected chi connectivity index (χ4v) is 1.79. The van der Waals surface area contributed by atoms with Crippen molar-refractivity contribution in [1.82, 2.24) is 5.32 Å². The zero-order chi connectivity index (χ0) is 13.5. The van der Waals surface area contributed by atoms with E-state index in [4.69, 9.17) is 14.9 Å². The van der Waals surface area contributed by atoms with E-state index >= 15 is 0 Å². The first-order valence-corrected chi connectivity index (χ1v) is 6.24. The number of nitrogens with one attached hydrogen (secondary N) is 1. The van der Waals surface area contributed by atoms with Crippen molar-refractivity contribution in [2.45, 2.75) is 32.4 Å². The summed E-state index contributed by atoms with van der Waals surface area (Å²) < 4.78 is 5.33. The topological polar surface area (TPSA) is 61.7 Å². The highest BCUT2D eigenvalue weighted by Gasteiger charge is 2.09. The molecule has 0 saturated heterocycles. The fourth-order valence-electron chi connectivity index (χ4n) is 1.79. The summed E-state index contributed by atoms with van der Waals surface area (Å²) in [6, 6.07) is 5.78. The van der Waals surface area contributed by atoms with Crippen molar-refractivity contribution in [3.8, 4) is 5.75 Å². The maximum atomic E-state index is 8.99. The monoisotopic (exact) mass is 253 g/mol. The zero-order valence-corrected chi connectivity index (χ0v) is 11.3. The molecule has 0 aromatic heterocycles. The van der Waals surface area contributed by atoms with E-state index in [0.29, 0.717) is 12.5 Å². The van der Waals surface area contributed by atoms with Gasteiger partial charge in [0.2, 0.25) is 0 Å². The van der Waals surface area contributed by atoms with E-state index in [0.717, 1.165) is 11.3 Å². The molecule has 0 aliphatic rings. The molecule has 0 atom stereocenters. The van der Waals surface area contributed by atoms with Crippen molar-refractivity contribution in [3.63, 3.8) is 0 Å². The second kappa shape index (κ2) is 7.36. The quantitative estimate of drug-likeness (QED) is 0.684. The third-order valence-corrected chi connectivity index (χ3v) is 2.95. The van der Waals surface area contributed by atoms with Gasteiger partial charge in [-0.15, -0.1) is 0 Å². The van der Waals surface area contributed by atoms with Gasteiger partial charge in [0.15, 0.2) is 0 Å². The molecule has 1 aromatic rings. The predicted molar refractivity (Wildman–Crippen MR) is 71.9 cm³/mol. The molecule has 18 heavy (non-hydrogen) atoms. The minimum Gasteiger partial charge on any atom is -0.496 e. The molecule has 1 rings (SSSR count). The number of aliphatic hydroxyl groups is 2. The first kappa shape index (κ1) is 15.0. The van der Waals surface area contributed by atoms with Crippen LogP contribution in [0.5, 0.6) is 5.75 Å². The third-order valence-electron chi connectivity index (χ3n) is 2.95. The van der Waals surface area contributed by atoms with Crippen LogP contribution in [0.4, 0.5) is 0 Å². The normalized spacial score (nSPS) is 11.3. The van der Waals surface area contributed by atoms with Crippen LogP contribution in [0.15, 0.2) is 18.2 Å². The van der Waals surface area contributed by atoms with E-state index in [9.17, 15) is 0 Å². The van der Waals surface area contributed by atoms with Gasteiger partial charge in [0.1, 0.15) is 5.75 Å². The second-order valence-electron chi connectivity index (χ2n) is 4.67. The standard InChI is InChI=1S/C14H23NO3/c1-10(2)13-6-11(4-5-14(13)18-3)7-15-12(8-16)9-17/h4-6,10,12,15-17H,7-9H2,1-3H3. The minimum atomic E-state index is -0.269. The Morgan fingerprint density at radius 2 is 1.89 bits per heavy atom. The highest BCUT2D eigenvalue weighted by atomic mass is 16.5. The Kier molecular flexibility index (Phi) is 6.12. The van der Waals surface area contributed by atoms with Crippen molar-refractivity contribution in [2.24, 2.45) is 0 Å². The zero-order valence-electron chi connectivity index (χ0n) is 11.3. The molecule has 0 spiro atoms. The molecule has 0 radical (unpaired) electrons. The number of benzene rings is 1. The Morgan fingerprint density at radius 3 is 2.39 bits per heavy atom. The van der Waals surface area contributed by atoms with Gasteiger partial charge in [0.05, 0.1) is 26.4 Å². The van der Waals surface area contributed by atoms with Gasteiger partial charge in [-0.1, -0.05) is 26.0 Å². The van der Waals surface area contributed by atoms with Crippen LogP contribution in [-0.4, -0.2) is 36.6 Å². The molecular weight excluding hydrogens is 230 g/mol. The molecule has 0 amide bonds. The molecule has 0 unspecified atom stereocenters. The van der Waals surface area contributed by atoms with Gasteiger partial charge >= 0.3 is 0 Å². The predicted octanol–water partition coefficient (Wildman–Crippen LogP) is 1.26. The molecule has 0 bridgehead atoms. The fraction of sp³-hybridized carbons (Fsp3) is 0.571. The molecular formula is C14H23NO3. The van der Waals surface area contributed by atoms with Crippen molar-refractivity contribution < 1.29 is 14.9 Å². The highest BCUT2D eigenvalue weighted by Crippen LogP contribution is 2.27. The van der Waals surface area contributed by atoms with E-state index in [1.165, 1.54) is 5.56 Å². The van der Waals surface area contributed by atoms with Crippen LogP contribution in [0.1, 0.15) is 30.9 Å². The van der Waals surface area contributed by atoms with Crippen molar-refractivity contribution in [2.75, 3.05) is 20.3 Å². The Morgan fingerprint density at radius 1 is 1.22 bits per heavy atom. The van der Waals surface area contributed by atoms with E-state index in [1.807, 2.05) is 12.1 Å². The summed E-state index contributed by atoms with van der Waals surface area (Å²) in [5, 5.41) is 21.1. The maximum Gasteiger partial charge on any atom is 0.122 e. The molecule has 0 heterocycles. The average molecular weight is 253 g/mol. The molecule has 1 aromatic carbocycles. The van der Waals surface area contributed by atoms with Gasteiger partial charge < -0.3 is 20.3 Å². The summed E-state index contributed by atoms with van der Waals surface area (Å²) in [7, 11) is 1.67. The molecule has 0 saturated carbocycles. The minimum absolute atomic E-state index is 0.0658. The van der Waals surface area contributed by atoms with Gasteiger partial charge in [0, 0.05) is 6.54 Å². The first-order chi connectivity index (χ1) is 8.62. The molecule has 102 valence electrons. The number of hydrogen-bond acceptors (Lipinski definition) is 4. The average Bonchev–Trinajstić information content (AvgIpc) is 2.39. The lowest BCUT2D eigenvalue weighted by Crippen LogP contribution is -2.35. The Balaban J connectivity index is 2.75. The Labute approximate surface area is 109 Å². The third kappa shape index (κ3) is 3.98. The van der Waals surface area contributed by atoms with Crippen LogP contribution >= 0.6 is 0 Å². The molecule has 4 heteroatoms. The van der Waals surface area contributed by atoms with Gasteiger partial charge in [-0.2, -0.15) is 0 Å². The lowest BCUT2D eigenvalue weighted by atomic mass is 9.99. The van der Waals surface area contributed by atoms with Crippen LogP contribution in [0.25, 0.3) is 0 Å². The number of rotatable bonds is 7. The van der Waals surface area contributed by atoms with Crippen LogP contribution in [-0.2, 0) is 6.54 Å². The number of methoxy groups -OCH3 is 1. The first-order valence-electron chi connectivity index (χ1n) is 6.24. The van der Waals surface area contributed by atoms with Crippen molar-refractivity contribution >= 4 is 0 Å². The maximum absolute atomic E-state index is 8.99. The molecule has 0 aliphatic carbocycles. The van der Waals surface area contributed by atoms with Crippen LogP contribution < -0.4 is 10.1 Å². The van der Waals surface area contributed by atoms with Crippen molar-refractivity contribution in [1.29, 1.82) is 0 Å². The van der Waals surface area contributed by atoms with Gasteiger partial charge in [0.25, 0.3) is 0 Å². The van der Waals surface area contributed by atoms with Crippen LogP contribution in [0, 0.1) is 0 Å². The molecule has 0 aliphatic heterocycles. The SMILES string of the molecule is COc1ccc(CNC(CO)CO)cc1C(C)C. The Bertz CT molecular complexity index is 362. The molecule has 4 nitrogen and oxygen atoms in total. The van der Waals surface area contributed by atoms with E-state index in [-0.39, 0.29) is 19.3 Å². The van der Waals surface area contributed by atoms with Gasteiger partial charge in [-0.25, -0.2) is 0 Å². The Hall–Kier alpha value is -1.10. The van der Waals surface area contributed by atoms with E-state index in [2.05, 4.69) is 25.2 Å². The van der Waals surface area contributed by atoms with Crippen LogP contribution in [0.3, 0.4) is 0 Å². The summed E-state index contributed by atoms with van der Waals surface area (Å²) in [5.74, 6) is 1.29. The highest BCUT2D eigenvalue weighted by molar-refractivity contribution is 5.39. The lowest BCUT2D eigenvalue weighted by molar-refractivity contribution is 0.170. The number of aliphatic hydroxyl groups excluding tert-OH is 2. The summed E-state index contributed by atoms with van der Waals surface area (Å²) in [6.45, 7) is 4.74. The van der Waals surface area contributed by atoms with E-state index < -0.39 is 0 Å². The molecule has 3 N–H and O–H groups in total. The lowest BCUT2D eigenvalue weighted by Gasteiger charge is -2.16. The smallest absolute Gasteiger partial charge is 0.122 e. The summed E-state index contributed by atoms with van der Waals surface area (Å²) in [5.41, 5.74) is 2.28. The van der Waals surface area contributed by atoms with Gasteiger partial charge in [-0.3, -0.25) is 0 Å².